The van der Waals surface area contributed by atoms with Gasteiger partial charge in [-0.15, -0.1) is 0 Å². The van der Waals surface area contributed by atoms with Crippen LogP contribution < -0.4 is 15.6 Å². The molecule has 248 valence electrons. The monoisotopic (exact) mass is 664 g/mol. The summed E-state index contributed by atoms with van der Waals surface area (Å²) in [6.45, 7) is 1.72. The van der Waals surface area contributed by atoms with Crippen molar-refractivity contribution in [3.63, 3.8) is 0 Å². The van der Waals surface area contributed by atoms with E-state index in [-0.39, 0.29) is 64.2 Å². The van der Waals surface area contributed by atoms with E-state index in [0.717, 1.165) is 18.9 Å². The number of nitrogens with zero attached hydrogens (tertiary/aromatic N) is 7. The number of alkyl halides is 3. The van der Waals surface area contributed by atoms with Crippen LogP contribution in [0.4, 0.5) is 28.9 Å². The molecule has 2 aliphatic heterocycles. The first-order valence-corrected chi connectivity index (χ1v) is 15.6. The predicted octanol–water partition coefficient (Wildman–Crippen LogP) is 3.55. The Bertz CT molecular complexity index is 2100. The molecule has 48 heavy (non-hydrogen) atoms. The van der Waals surface area contributed by atoms with Gasteiger partial charge >= 0.3 is 6.18 Å². The zero-order valence-electron chi connectivity index (χ0n) is 25.5. The van der Waals surface area contributed by atoms with Gasteiger partial charge in [0.15, 0.2) is 22.6 Å². The van der Waals surface area contributed by atoms with Gasteiger partial charge < -0.3 is 24.8 Å². The molecule has 1 saturated heterocycles. The van der Waals surface area contributed by atoms with E-state index in [1.54, 1.807) is 22.6 Å². The smallest absolute Gasteiger partial charge is 0.416 e. The van der Waals surface area contributed by atoms with Crippen molar-refractivity contribution in [3.8, 4) is 5.75 Å². The van der Waals surface area contributed by atoms with E-state index < -0.39 is 41.6 Å². The second kappa shape index (κ2) is 10.7. The molecule has 1 unspecified atom stereocenters. The van der Waals surface area contributed by atoms with E-state index >= 15 is 0 Å². The van der Waals surface area contributed by atoms with Crippen molar-refractivity contribution in [1.82, 2.24) is 29.4 Å². The summed E-state index contributed by atoms with van der Waals surface area (Å²) in [4.78, 5) is 62.0. The van der Waals surface area contributed by atoms with Crippen molar-refractivity contribution >= 4 is 34.4 Å². The van der Waals surface area contributed by atoms with E-state index in [0.29, 0.717) is 48.6 Å². The molecule has 2 aliphatic carbocycles. The minimum Gasteiger partial charge on any atom is -0.504 e. The van der Waals surface area contributed by atoms with Crippen LogP contribution in [0.2, 0.25) is 0 Å². The number of benzene rings is 1. The Morgan fingerprint density at radius 2 is 1.92 bits per heavy atom. The van der Waals surface area contributed by atoms with Gasteiger partial charge in [-0.3, -0.25) is 14.4 Å². The Morgan fingerprint density at radius 3 is 2.65 bits per heavy atom. The minimum absolute atomic E-state index is 0.0102. The molecule has 2 saturated carbocycles. The van der Waals surface area contributed by atoms with Crippen molar-refractivity contribution in [1.29, 1.82) is 0 Å². The third-order valence-corrected chi connectivity index (χ3v) is 9.90. The Morgan fingerprint density at radius 1 is 1.12 bits per heavy atom. The minimum atomic E-state index is -4.75. The summed E-state index contributed by atoms with van der Waals surface area (Å²) < 4.78 is 55.4. The van der Waals surface area contributed by atoms with Crippen LogP contribution in [0.1, 0.15) is 58.3 Å². The molecular weight excluding hydrogens is 636 g/mol. The SMILES string of the molecule is Cc1ncnc(C(=O)N2CCN3c4c(n(CC(=O)Nc5ccc(C(F)(F)F)cc5F)c5ncc(C6CC6)nc5c4=O)CC4C[C@H]2[C@H]43)c1O. The predicted molar refractivity (Wildman–Crippen MR) is 162 cm³/mol. The zero-order valence-corrected chi connectivity index (χ0v) is 25.5. The number of fused-ring (bicyclic) bond motifs is 3. The maximum atomic E-state index is 14.6. The van der Waals surface area contributed by atoms with Crippen LogP contribution in [-0.2, 0) is 23.9 Å². The summed E-state index contributed by atoms with van der Waals surface area (Å²) >= 11 is 0. The summed E-state index contributed by atoms with van der Waals surface area (Å²) in [6.07, 6.45) is 0.890. The van der Waals surface area contributed by atoms with E-state index in [4.69, 9.17) is 0 Å². The van der Waals surface area contributed by atoms with Crippen LogP contribution >= 0.6 is 0 Å². The summed E-state index contributed by atoms with van der Waals surface area (Å²) in [5.41, 5.74) is 0.119. The lowest BCUT2D eigenvalue weighted by Gasteiger charge is -2.61. The number of rotatable bonds is 5. The molecule has 2 amide bonds. The third kappa shape index (κ3) is 4.75. The number of aromatic nitrogens is 5. The molecule has 0 spiro atoms. The number of carbonyl (C=O) groups is 2. The molecule has 8 rings (SSSR count). The highest BCUT2D eigenvalue weighted by molar-refractivity contribution is 5.96. The summed E-state index contributed by atoms with van der Waals surface area (Å²) in [6, 6.07) is 1.41. The molecule has 5 heterocycles. The van der Waals surface area contributed by atoms with Gasteiger partial charge in [0.2, 0.25) is 11.3 Å². The number of halogens is 4. The number of aromatic hydroxyl groups is 1. The third-order valence-electron chi connectivity index (χ3n) is 9.90. The molecule has 0 radical (unpaired) electrons. The van der Waals surface area contributed by atoms with E-state index in [1.165, 1.54) is 6.33 Å². The van der Waals surface area contributed by atoms with Crippen molar-refractivity contribution in [2.75, 3.05) is 23.3 Å². The maximum absolute atomic E-state index is 14.6. The summed E-state index contributed by atoms with van der Waals surface area (Å²) in [5, 5.41) is 12.8. The number of hydrogen-bond acceptors (Lipinski definition) is 9. The lowest BCUT2D eigenvalue weighted by Crippen LogP contribution is -2.72. The Hall–Kier alpha value is -5.15. The normalized spacial score (nSPS) is 21.4. The number of amides is 2. The topological polar surface area (TPSA) is 146 Å². The van der Waals surface area contributed by atoms with Gasteiger partial charge in [0.1, 0.15) is 24.4 Å². The van der Waals surface area contributed by atoms with Crippen LogP contribution in [-0.4, -0.2) is 71.5 Å². The van der Waals surface area contributed by atoms with Crippen LogP contribution in [0.25, 0.3) is 11.2 Å². The first kappa shape index (κ1) is 30.2. The second-order valence-electron chi connectivity index (χ2n) is 12.8. The maximum Gasteiger partial charge on any atom is 0.416 e. The molecule has 4 aliphatic rings. The van der Waals surface area contributed by atoms with Crippen molar-refractivity contribution < 1.29 is 32.3 Å². The summed E-state index contributed by atoms with van der Waals surface area (Å²) in [7, 11) is 0. The fraction of sp³-hybridized carbons (Fsp3) is 0.406. The standard InChI is InChI=1S/C32H28F4N8O4/c1-14-28(46)25(39-13-38-14)31(48)42-6-7-43-26-16(8-21(26)42)9-22-27(43)29(47)24-30(37-11-20(41-24)15-2-3-15)44(22)12-23(45)40-19-5-4-17(10-18(19)33)32(34,35)36/h4-5,10-11,13,15-16,21,26,46H,2-3,6-9,12H2,1H3,(H,40,45)/t16?,21-,26-/m0/s1. The van der Waals surface area contributed by atoms with Crippen molar-refractivity contribution in [2.24, 2.45) is 5.92 Å². The largest absolute Gasteiger partial charge is 0.504 e. The van der Waals surface area contributed by atoms with Gasteiger partial charge in [0.25, 0.3) is 5.91 Å². The number of nitrogens with one attached hydrogen (secondary N) is 1. The number of piperazine rings is 1. The Labute approximate surface area is 269 Å². The number of anilines is 2. The van der Waals surface area contributed by atoms with Crippen LogP contribution in [0.3, 0.4) is 0 Å². The highest BCUT2D eigenvalue weighted by Crippen LogP contribution is 2.48. The molecule has 16 heteroatoms. The van der Waals surface area contributed by atoms with Gasteiger partial charge in [0.05, 0.1) is 40.9 Å². The molecule has 2 N–H and O–H groups in total. The molecule has 12 nitrogen and oxygen atoms in total. The quantitative estimate of drug-likeness (QED) is 0.306. The Balaban J connectivity index is 1.15. The zero-order chi connectivity index (χ0) is 33.6. The van der Waals surface area contributed by atoms with Gasteiger partial charge in [-0.25, -0.2) is 24.3 Å². The van der Waals surface area contributed by atoms with Gasteiger partial charge in [-0.05, 0) is 56.7 Å². The molecule has 0 bridgehead atoms. The molecule has 4 aromatic rings. The lowest BCUT2D eigenvalue weighted by atomic mass is 9.67. The molecule has 1 aromatic carbocycles. The van der Waals surface area contributed by atoms with Gasteiger partial charge in [0, 0.05) is 24.7 Å². The van der Waals surface area contributed by atoms with Crippen LogP contribution in [0.15, 0.2) is 35.5 Å². The Kier molecular flexibility index (Phi) is 6.72. The number of pyridine rings is 1. The second-order valence-corrected chi connectivity index (χ2v) is 12.8. The fourth-order valence-electron chi connectivity index (χ4n) is 7.36. The first-order valence-electron chi connectivity index (χ1n) is 15.6. The highest BCUT2D eigenvalue weighted by atomic mass is 19.4. The average Bonchev–Trinajstić information content (AvgIpc) is 3.89. The van der Waals surface area contributed by atoms with E-state index in [1.807, 2.05) is 4.90 Å². The summed E-state index contributed by atoms with van der Waals surface area (Å²) in [5.74, 6) is -2.46. The van der Waals surface area contributed by atoms with Crippen LogP contribution in [0.5, 0.6) is 5.75 Å². The number of carbonyl (C=O) groups excluding carboxylic acids is 2. The van der Waals surface area contributed by atoms with Crippen molar-refractivity contribution in [2.45, 2.75) is 63.3 Å². The average molecular weight is 665 g/mol. The van der Waals surface area contributed by atoms with Gasteiger partial charge in [-0.2, -0.15) is 13.2 Å². The highest BCUT2D eigenvalue weighted by Gasteiger charge is 2.55. The molecular formula is C32H28F4N8O4. The van der Waals surface area contributed by atoms with Crippen LogP contribution in [0, 0.1) is 18.7 Å². The van der Waals surface area contributed by atoms with Gasteiger partial charge in [-0.1, -0.05) is 0 Å². The molecule has 3 atom stereocenters. The molecule has 3 fully saturated rings. The number of aryl methyl sites for hydroxylation is 1. The fourth-order valence-corrected chi connectivity index (χ4v) is 7.36. The van der Waals surface area contributed by atoms with Crippen molar-refractivity contribution in [3.05, 3.63) is 75.1 Å². The van der Waals surface area contributed by atoms with E-state index in [9.17, 15) is 37.1 Å². The van der Waals surface area contributed by atoms with E-state index in [2.05, 4.69) is 25.3 Å². The first-order chi connectivity index (χ1) is 22.9. The lowest BCUT2D eigenvalue weighted by molar-refractivity contribution is -0.137. The molecule has 3 aromatic heterocycles. The number of hydrogen-bond donors (Lipinski definition) is 2.